The van der Waals surface area contributed by atoms with Crippen LogP contribution in [-0.2, 0) is 28.2 Å². The van der Waals surface area contributed by atoms with E-state index in [9.17, 15) is 4.79 Å². The van der Waals surface area contributed by atoms with Gasteiger partial charge in [-0.25, -0.2) is 0 Å². The first-order valence-electron chi connectivity index (χ1n) is 12.2. The van der Waals surface area contributed by atoms with Gasteiger partial charge < -0.3 is 29.1 Å². The zero-order valence-electron chi connectivity index (χ0n) is 21.9. The van der Waals surface area contributed by atoms with Crippen LogP contribution in [0.2, 0.25) is 5.04 Å². The second-order valence-electron chi connectivity index (χ2n) is 10.1. The molecule has 1 aliphatic carbocycles. The molecule has 2 aromatic rings. The molecule has 0 heterocycles. The molecule has 36 heavy (non-hydrogen) atoms. The molecule has 8 heteroatoms. The minimum Gasteiger partial charge on any atom is -0.406 e. The number of rotatable bonds is 12. The van der Waals surface area contributed by atoms with Crippen molar-refractivity contribution >= 4 is 24.6 Å². The van der Waals surface area contributed by atoms with Crippen LogP contribution < -0.4 is 16.1 Å². The Morgan fingerprint density at radius 3 is 1.94 bits per heavy atom. The maximum absolute atomic E-state index is 13.2. The summed E-state index contributed by atoms with van der Waals surface area (Å²) in [6.45, 7) is 6.66. The first-order valence-corrected chi connectivity index (χ1v) is 14.1. The van der Waals surface area contributed by atoms with E-state index in [2.05, 4.69) is 45.0 Å². The van der Waals surface area contributed by atoms with Gasteiger partial charge in [0, 0.05) is 14.2 Å². The van der Waals surface area contributed by atoms with E-state index in [0.717, 1.165) is 10.4 Å². The molecule has 0 radical (unpaired) electrons. The molecular weight excluding hydrogens is 474 g/mol. The molecule has 2 aromatic carbocycles. The predicted molar refractivity (Wildman–Crippen MR) is 142 cm³/mol. The Morgan fingerprint density at radius 1 is 0.944 bits per heavy atom. The lowest BCUT2D eigenvalue weighted by Crippen LogP contribution is -2.68. The Hall–Kier alpha value is -2.33. The molecular formula is C28H39NO6Si. The number of carbonyl (C=O) groups is 1. The van der Waals surface area contributed by atoms with Gasteiger partial charge in [0.05, 0.1) is 12.7 Å². The maximum Gasteiger partial charge on any atom is 0.261 e. The third-order valence-electron chi connectivity index (χ3n) is 6.80. The molecule has 0 fully saturated rings. The van der Waals surface area contributed by atoms with E-state index in [4.69, 9.17) is 29.1 Å². The second-order valence-corrected chi connectivity index (χ2v) is 14.4. The number of carbonyl (C=O) groups excluding carboxylic acids is 1. The van der Waals surface area contributed by atoms with Gasteiger partial charge in [0.25, 0.3) is 8.32 Å². The third kappa shape index (κ3) is 5.64. The van der Waals surface area contributed by atoms with Gasteiger partial charge in [0.15, 0.2) is 0 Å². The number of hydrogen-bond donors (Lipinski definition) is 1. The summed E-state index contributed by atoms with van der Waals surface area (Å²) in [5.74, 6) is -0.538. The highest BCUT2D eigenvalue weighted by atomic mass is 28.4. The van der Waals surface area contributed by atoms with Crippen molar-refractivity contribution in [1.82, 2.24) is 0 Å². The largest absolute Gasteiger partial charge is 0.406 e. The molecule has 2 N–H and O–H groups in total. The lowest BCUT2D eigenvalue weighted by atomic mass is 9.75. The Kier molecular flexibility index (Phi) is 9.63. The monoisotopic (exact) mass is 513 g/mol. The van der Waals surface area contributed by atoms with Crippen LogP contribution in [-0.4, -0.2) is 60.8 Å². The third-order valence-corrected chi connectivity index (χ3v) is 11.8. The van der Waals surface area contributed by atoms with Crippen molar-refractivity contribution in [2.24, 2.45) is 11.1 Å². The molecule has 7 nitrogen and oxygen atoms in total. The molecule has 0 bridgehead atoms. The Balaban J connectivity index is 2.12. The summed E-state index contributed by atoms with van der Waals surface area (Å²) in [5, 5.41) is 1.97. The standard InChI is InChI=1S/C28H39NO6Si/c1-27(2,3)36(22-13-8-6-9-14-22,23-15-10-7-11-16-23)35-19-28(26(29)30)18-12-17-24(33-20-31-4)25(28)34-21-32-5/h6-16,18,24-25H,17,19-21H2,1-5H3,(H2,29,30)/t24-,25+,28-/m0/s1. The van der Waals surface area contributed by atoms with Crippen molar-refractivity contribution in [3.8, 4) is 0 Å². The molecule has 0 aliphatic heterocycles. The highest BCUT2D eigenvalue weighted by Gasteiger charge is 2.55. The summed E-state index contributed by atoms with van der Waals surface area (Å²) < 4.78 is 29.4. The van der Waals surface area contributed by atoms with Crippen LogP contribution >= 0.6 is 0 Å². The first kappa shape index (κ1) is 28.2. The van der Waals surface area contributed by atoms with Gasteiger partial charge in [-0.3, -0.25) is 4.79 Å². The molecule has 1 amide bonds. The first-order chi connectivity index (χ1) is 17.2. The molecule has 0 saturated carbocycles. The van der Waals surface area contributed by atoms with Gasteiger partial charge in [-0.2, -0.15) is 0 Å². The summed E-state index contributed by atoms with van der Waals surface area (Å²) >= 11 is 0. The Morgan fingerprint density at radius 2 is 1.47 bits per heavy atom. The predicted octanol–water partition coefficient (Wildman–Crippen LogP) is 2.97. The normalized spacial score (nSPS) is 22.5. The van der Waals surface area contributed by atoms with E-state index in [1.807, 2.05) is 48.6 Å². The fourth-order valence-electron chi connectivity index (χ4n) is 5.08. The quantitative estimate of drug-likeness (QED) is 0.267. The summed E-state index contributed by atoms with van der Waals surface area (Å²) in [6, 6.07) is 20.6. The van der Waals surface area contributed by atoms with Crippen molar-refractivity contribution in [2.75, 3.05) is 34.4 Å². The molecule has 0 unspecified atom stereocenters. The minimum atomic E-state index is -2.93. The van der Waals surface area contributed by atoms with Crippen LogP contribution in [0.25, 0.3) is 0 Å². The SMILES string of the molecule is COCO[C@H]1CC=C[C@@](CO[Si](c2ccccc2)(c2ccccc2)C(C)(C)C)(C(N)=O)[C@@H]1OCOC. The van der Waals surface area contributed by atoms with E-state index in [1.54, 1.807) is 7.11 Å². The van der Waals surface area contributed by atoms with E-state index in [-0.39, 0.29) is 25.2 Å². The highest BCUT2D eigenvalue weighted by Crippen LogP contribution is 2.41. The average molecular weight is 514 g/mol. The summed E-state index contributed by atoms with van der Waals surface area (Å²) in [4.78, 5) is 13.2. The summed E-state index contributed by atoms with van der Waals surface area (Å²) in [5.41, 5.74) is 4.85. The number of primary amides is 1. The maximum atomic E-state index is 13.2. The number of methoxy groups -OCH3 is 2. The van der Waals surface area contributed by atoms with Crippen molar-refractivity contribution in [3.63, 3.8) is 0 Å². The Bertz CT molecular complexity index is 955. The molecule has 3 rings (SSSR count). The number of ether oxygens (including phenoxy) is 4. The molecule has 0 aromatic heterocycles. The fourth-order valence-corrected chi connectivity index (χ4v) is 9.69. The van der Waals surface area contributed by atoms with Gasteiger partial charge in [0.1, 0.15) is 25.1 Å². The van der Waals surface area contributed by atoms with Crippen LogP contribution in [0.1, 0.15) is 27.2 Å². The van der Waals surface area contributed by atoms with Crippen LogP contribution in [0.5, 0.6) is 0 Å². The smallest absolute Gasteiger partial charge is 0.261 e. The molecule has 0 spiro atoms. The van der Waals surface area contributed by atoms with Crippen LogP contribution in [0, 0.1) is 5.41 Å². The fraction of sp³-hybridized carbons (Fsp3) is 0.464. The average Bonchev–Trinajstić information content (AvgIpc) is 2.87. The Labute approximate surface area is 215 Å². The van der Waals surface area contributed by atoms with E-state index >= 15 is 0 Å². The highest BCUT2D eigenvalue weighted by molar-refractivity contribution is 6.99. The lowest BCUT2D eigenvalue weighted by molar-refractivity contribution is -0.194. The van der Waals surface area contributed by atoms with Crippen molar-refractivity contribution in [3.05, 3.63) is 72.8 Å². The lowest BCUT2D eigenvalue weighted by Gasteiger charge is -2.47. The van der Waals surface area contributed by atoms with E-state index in [0.29, 0.717) is 6.42 Å². The number of benzene rings is 2. The minimum absolute atomic E-state index is 0.0143. The molecule has 3 atom stereocenters. The zero-order valence-corrected chi connectivity index (χ0v) is 22.9. The van der Waals surface area contributed by atoms with Crippen molar-refractivity contribution in [2.45, 2.75) is 44.4 Å². The summed E-state index contributed by atoms with van der Waals surface area (Å²) in [6.07, 6.45) is 3.10. The van der Waals surface area contributed by atoms with E-state index in [1.165, 1.54) is 7.11 Å². The summed E-state index contributed by atoms with van der Waals surface area (Å²) in [7, 11) is 0.161. The van der Waals surface area contributed by atoms with Crippen LogP contribution in [0.3, 0.4) is 0 Å². The van der Waals surface area contributed by atoms with Gasteiger partial charge in [-0.15, -0.1) is 0 Å². The van der Waals surface area contributed by atoms with Crippen LogP contribution in [0.4, 0.5) is 0 Å². The number of amides is 1. The molecule has 0 saturated heterocycles. The van der Waals surface area contributed by atoms with Gasteiger partial charge >= 0.3 is 0 Å². The second kappa shape index (κ2) is 12.3. The van der Waals surface area contributed by atoms with E-state index < -0.39 is 31.8 Å². The number of hydrogen-bond acceptors (Lipinski definition) is 6. The molecule has 1 aliphatic rings. The van der Waals surface area contributed by atoms with Crippen LogP contribution in [0.15, 0.2) is 72.8 Å². The van der Waals surface area contributed by atoms with Crippen molar-refractivity contribution in [1.29, 1.82) is 0 Å². The zero-order chi connectivity index (χ0) is 26.2. The molecule has 196 valence electrons. The van der Waals surface area contributed by atoms with Gasteiger partial charge in [-0.05, 0) is 21.8 Å². The van der Waals surface area contributed by atoms with Gasteiger partial charge in [-0.1, -0.05) is 93.6 Å². The van der Waals surface area contributed by atoms with Gasteiger partial charge in [0.2, 0.25) is 5.91 Å². The van der Waals surface area contributed by atoms with Crippen molar-refractivity contribution < 1.29 is 28.2 Å². The number of nitrogens with two attached hydrogens (primary N) is 1. The topological polar surface area (TPSA) is 89.2 Å².